The standard InChI is InChI=1S/C105H84BN7/c1-103(2,3)75-50-56-92-84(60-75)85-61-76(104(4,5)6)51-57-93(85)111(92)79-65-96-98-97(66-79)113(99-83(70-38-22-13-23-39-70)62-77(105(7,8)9)63-86(99)102-108-100(71-40-24-14-25-41-71)107-101(109-102)72-42-26-15-27-43-72)95-64-78(110-89-46-30-28-44-80(89)81-45-29-31-47-90(81)110)52-54-88(95)106(98)87-53-48-74(68-34-18-11-19-35-68)59-94(87)112(96)91-55-49-73(67-32-16-10-17-33-67)58-82(91)69-36-20-12-21-37-69/h10-66H,1-9H3/i11D,14D,15D,18D,19D,24D,25D,26D,27D,28D,29D,30D,31D,34D,35D,40D,41D,42D,43D,44D,45D,46D,47D. The van der Waals surface area contributed by atoms with Crippen LogP contribution in [0.15, 0.2) is 345 Å². The first-order chi connectivity index (χ1) is 64.5. The molecule has 8 heteroatoms. The smallest absolute Gasteiger partial charge is 0.252 e. The van der Waals surface area contributed by atoms with Crippen LogP contribution in [0, 0.1) is 0 Å². The highest BCUT2D eigenvalue weighted by atomic mass is 15.2. The van der Waals surface area contributed by atoms with Crippen molar-refractivity contribution >= 4 is 101 Å². The van der Waals surface area contributed by atoms with Gasteiger partial charge in [0.25, 0.3) is 6.71 Å². The Morgan fingerprint density at radius 3 is 1.26 bits per heavy atom. The predicted octanol–water partition coefficient (Wildman–Crippen LogP) is 25.7. The van der Waals surface area contributed by atoms with Crippen molar-refractivity contribution in [1.82, 2.24) is 24.1 Å². The SMILES string of the molecule is [2H]c1c([2H])c([2H])c(-c2ccc3c(c2)N(c2ccc(-c4ccccc4)cc2-c2ccccc2)c2cc(-n4c5ccc(C(C)(C)C)cc5c5cc(C(C)(C)C)ccc54)cc4c2B3c2ccc(-n3c5c([2H])c([2H])c([2H])c([2H])c5c5c([2H])c([2H])c([2H])c([2H])c53)cc2N4c2c(-c3ccccc3)cc(C(C)(C)C)cc2-c2nc(-c3c([2H])c([2H])c([2H])c([2H])c3[2H])nc(-c3c([2H])c([2H])c([2H])c([2H])c3[2H])n2)c([2H])c1[2H]. The second-order valence-corrected chi connectivity index (χ2v) is 31.9. The van der Waals surface area contributed by atoms with Gasteiger partial charge in [-0.05, 0) is 174 Å². The Hall–Kier alpha value is -13.4. The summed E-state index contributed by atoms with van der Waals surface area (Å²) < 4.78 is 221. The summed E-state index contributed by atoms with van der Waals surface area (Å²) in [5.74, 6) is -1.44. The van der Waals surface area contributed by atoms with E-state index in [0.717, 1.165) is 55.2 Å². The average molecular weight is 1480 g/mol. The van der Waals surface area contributed by atoms with Crippen molar-refractivity contribution < 1.29 is 31.5 Å². The van der Waals surface area contributed by atoms with Crippen molar-refractivity contribution in [2.45, 2.75) is 78.6 Å². The van der Waals surface area contributed by atoms with E-state index in [4.69, 9.17) is 19.1 Å². The number of para-hydroxylation sites is 2. The van der Waals surface area contributed by atoms with E-state index < -0.39 is 174 Å². The van der Waals surface area contributed by atoms with Crippen molar-refractivity contribution in [3.8, 4) is 90.0 Å². The molecule has 0 fully saturated rings. The van der Waals surface area contributed by atoms with Crippen LogP contribution < -0.4 is 26.2 Å². The van der Waals surface area contributed by atoms with Gasteiger partial charge in [0.1, 0.15) is 0 Å². The molecule has 0 spiro atoms. The van der Waals surface area contributed by atoms with Gasteiger partial charge < -0.3 is 18.9 Å². The summed E-state index contributed by atoms with van der Waals surface area (Å²) in [5, 5.41) is 1.41. The fourth-order valence-electron chi connectivity index (χ4n) is 16.3. The Morgan fingerprint density at radius 2 is 0.708 bits per heavy atom. The van der Waals surface area contributed by atoms with E-state index in [9.17, 15) is 27.4 Å². The molecule has 0 N–H and O–H groups in total. The van der Waals surface area contributed by atoms with Gasteiger partial charge in [-0.1, -0.05) is 317 Å². The van der Waals surface area contributed by atoms with Gasteiger partial charge in [0, 0.05) is 77.8 Å². The molecular weight excluding hydrogens is 1370 g/mol. The lowest BCUT2D eigenvalue weighted by molar-refractivity contribution is 0.590. The minimum atomic E-state index is -1.00. The summed E-state index contributed by atoms with van der Waals surface area (Å²) in [6, 6.07) is 52.3. The third-order valence-corrected chi connectivity index (χ3v) is 21.9. The molecule has 2 aliphatic heterocycles. The fraction of sp³-hybridized carbons (Fsp3) is 0.114. The number of hydrogen-bond donors (Lipinski definition) is 0. The second kappa shape index (κ2) is 26.7. The maximum Gasteiger partial charge on any atom is 0.252 e. The van der Waals surface area contributed by atoms with Gasteiger partial charge in [0.05, 0.1) is 70.7 Å². The van der Waals surface area contributed by atoms with Crippen LogP contribution in [-0.2, 0) is 16.2 Å². The zero-order valence-electron chi connectivity index (χ0n) is 86.3. The fourth-order valence-corrected chi connectivity index (χ4v) is 16.3. The Kier molecular flexibility index (Phi) is 11.4. The molecule has 0 saturated carbocycles. The number of fused-ring (bicyclic) bond motifs is 10. The van der Waals surface area contributed by atoms with Gasteiger partial charge in [0.15, 0.2) is 17.5 Å². The topological polar surface area (TPSA) is 55.0 Å². The number of benzene rings is 15. The molecule has 7 nitrogen and oxygen atoms in total. The largest absolute Gasteiger partial charge is 0.311 e. The third kappa shape index (κ3) is 11.8. The van der Waals surface area contributed by atoms with E-state index in [2.05, 4.69) is 112 Å². The van der Waals surface area contributed by atoms with Crippen molar-refractivity contribution in [2.24, 2.45) is 0 Å². The van der Waals surface area contributed by atoms with Crippen molar-refractivity contribution in [2.75, 3.05) is 9.80 Å². The summed E-state index contributed by atoms with van der Waals surface area (Å²) in [4.78, 5) is 19.7. The molecule has 2 aliphatic rings. The van der Waals surface area contributed by atoms with E-state index in [-0.39, 0.29) is 72.2 Å². The first-order valence-corrected chi connectivity index (χ1v) is 37.6. The van der Waals surface area contributed by atoms with Gasteiger partial charge in [-0.25, -0.2) is 15.0 Å². The lowest BCUT2D eigenvalue weighted by Gasteiger charge is -2.46. The van der Waals surface area contributed by atoms with E-state index >= 15 is 0 Å². The van der Waals surface area contributed by atoms with Crippen LogP contribution in [0.1, 0.15) is 111 Å². The lowest BCUT2D eigenvalue weighted by Crippen LogP contribution is -2.61. The van der Waals surface area contributed by atoms with Crippen molar-refractivity contribution in [1.29, 1.82) is 0 Å². The Bertz CT molecular complexity index is 7970. The second-order valence-electron chi connectivity index (χ2n) is 31.9. The van der Waals surface area contributed by atoms with E-state index in [0.29, 0.717) is 61.5 Å². The predicted molar refractivity (Wildman–Crippen MR) is 477 cm³/mol. The van der Waals surface area contributed by atoms with Crippen LogP contribution in [0.25, 0.3) is 134 Å². The van der Waals surface area contributed by atoms with Crippen LogP contribution >= 0.6 is 0 Å². The van der Waals surface area contributed by atoms with Crippen molar-refractivity contribution in [3.05, 3.63) is 362 Å². The first kappa shape index (κ1) is 48.3. The molecule has 0 aliphatic carbocycles. The van der Waals surface area contributed by atoms with Crippen LogP contribution in [0.3, 0.4) is 0 Å². The zero-order valence-corrected chi connectivity index (χ0v) is 63.3. The summed E-state index contributed by atoms with van der Waals surface area (Å²) >= 11 is 0. The molecule has 15 aromatic carbocycles. The van der Waals surface area contributed by atoms with Crippen molar-refractivity contribution in [3.63, 3.8) is 0 Å². The Balaban J connectivity index is 1.05. The van der Waals surface area contributed by atoms with Gasteiger partial charge >= 0.3 is 0 Å². The maximum atomic E-state index is 10.0. The number of rotatable bonds is 11. The highest BCUT2D eigenvalue weighted by Crippen LogP contribution is 2.55. The molecule has 3 aromatic heterocycles. The van der Waals surface area contributed by atoms with Crippen LogP contribution in [0.5, 0.6) is 0 Å². The third-order valence-electron chi connectivity index (χ3n) is 21.9. The molecule has 5 heterocycles. The van der Waals surface area contributed by atoms with Crippen LogP contribution in [-0.4, -0.2) is 30.8 Å². The molecule has 0 radical (unpaired) electrons. The monoisotopic (exact) mass is 1480 g/mol. The minimum Gasteiger partial charge on any atom is -0.311 e. The number of hydrogen-bond acceptors (Lipinski definition) is 5. The highest BCUT2D eigenvalue weighted by Gasteiger charge is 2.46. The summed E-state index contributed by atoms with van der Waals surface area (Å²) in [6.45, 7) is 18.0. The van der Waals surface area contributed by atoms with E-state index in [1.54, 1.807) is 18.2 Å². The molecule has 0 atom stereocenters. The molecule has 20 rings (SSSR count). The highest BCUT2D eigenvalue weighted by molar-refractivity contribution is 7.00. The van der Waals surface area contributed by atoms with Crippen LogP contribution in [0.2, 0.25) is 0 Å². The Morgan fingerprint density at radius 1 is 0.274 bits per heavy atom. The summed E-state index contributed by atoms with van der Waals surface area (Å²) in [7, 11) is 0. The molecule has 113 heavy (non-hydrogen) atoms. The molecule has 0 amide bonds. The molecule has 0 bridgehead atoms. The molecule has 0 unspecified atom stereocenters. The number of aromatic nitrogens is 5. The molecular formula is C105H84BN7. The quantitative estimate of drug-likeness (QED) is 0.121. The molecule has 542 valence electrons. The van der Waals surface area contributed by atoms with Gasteiger partial charge in [0.2, 0.25) is 0 Å². The normalized spacial score (nSPS) is 15.6. The average Bonchev–Trinajstić information content (AvgIpc) is 0.709. The van der Waals surface area contributed by atoms with Gasteiger partial charge in [-0.3, -0.25) is 0 Å². The number of nitrogens with zero attached hydrogens (tertiary/aromatic N) is 7. The van der Waals surface area contributed by atoms with Gasteiger partial charge in [-0.15, -0.1) is 0 Å². The minimum absolute atomic E-state index is 0.0873. The summed E-state index contributed by atoms with van der Waals surface area (Å²) in [5.41, 5.74) is 10.6. The van der Waals surface area contributed by atoms with Gasteiger partial charge in [-0.2, -0.15) is 0 Å². The molecule has 0 saturated heterocycles. The van der Waals surface area contributed by atoms with Crippen LogP contribution in [0.4, 0.5) is 34.1 Å². The first-order valence-electron chi connectivity index (χ1n) is 49.1. The lowest BCUT2D eigenvalue weighted by atomic mass is 9.33. The van der Waals surface area contributed by atoms with E-state index in [1.165, 1.54) is 4.57 Å². The summed E-state index contributed by atoms with van der Waals surface area (Å²) in [6.07, 6.45) is 0. The van der Waals surface area contributed by atoms with E-state index in [1.807, 2.05) is 153 Å². The zero-order chi connectivity index (χ0) is 96.6. The number of anilines is 6. The Labute approximate surface area is 693 Å². The molecule has 18 aromatic rings. The maximum absolute atomic E-state index is 10.0.